The summed E-state index contributed by atoms with van der Waals surface area (Å²) in [7, 11) is 0. The molecule has 1 aromatic carbocycles. The molecule has 1 aliphatic carbocycles. The molecule has 1 saturated heterocycles. The van der Waals surface area contributed by atoms with Crippen LogP contribution in [0.5, 0.6) is 0 Å². The topological polar surface area (TPSA) is 70.2 Å². The number of hydrogen-bond acceptors (Lipinski definition) is 3. The summed E-state index contributed by atoms with van der Waals surface area (Å²) < 4.78 is 0. The van der Waals surface area contributed by atoms with Crippen LogP contribution in [0.2, 0.25) is 0 Å². The fourth-order valence-corrected chi connectivity index (χ4v) is 3.59. The lowest BCUT2D eigenvalue weighted by Gasteiger charge is -2.22. The van der Waals surface area contributed by atoms with Crippen molar-refractivity contribution in [2.45, 2.75) is 51.5 Å². The zero-order valence-electron chi connectivity index (χ0n) is 14.4. The van der Waals surface area contributed by atoms with Gasteiger partial charge in [-0.15, -0.1) is 0 Å². The van der Waals surface area contributed by atoms with Crippen molar-refractivity contribution in [1.29, 1.82) is 0 Å². The Bertz CT molecular complexity index is 603. The second kappa shape index (κ2) is 7.79. The lowest BCUT2D eigenvalue weighted by molar-refractivity contribution is -0.120. The average Bonchev–Trinajstić information content (AvgIpc) is 3.10. The van der Waals surface area contributed by atoms with Gasteiger partial charge in [0.15, 0.2) is 0 Å². The van der Waals surface area contributed by atoms with E-state index in [1.165, 1.54) is 12.8 Å². The van der Waals surface area contributed by atoms with Crippen LogP contribution < -0.4 is 16.0 Å². The monoisotopic (exact) mass is 329 g/mol. The fourth-order valence-electron chi connectivity index (χ4n) is 3.59. The number of carbonyl (C=O) groups is 2. The van der Waals surface area contributed by atoms with Crippen LogP contribution in [0, 0.1) is 12.8 Å². The molecule has 1 heterocycles. The van der Waals surface area contributed by atoms with Gasteiger partial charge in [0.05, 0.1) is 5.92 Å². The van der Waals surface area contributed by atoms with Gasteiger partial charge >= 0.3 is 0 Å². The summed E-state index contributed by atoms with van der Waals surface area (Å²) in [4.78, 5) is 24.7. The number of piperidine rings is 1. The van der Waals surface area contributed by atoms with Crippen LogP contribution in [-0.2, 0) is 4.79 Å². The maximum atomic E-state index is 12.3. The van der Waals surface area contributed by atoms with Gasteiger partial charge in [0.2, 0.25) is 5.91 Å². The van der Waals surface area contributed by atoms with E-state index in [4.69, 9.17) is 0 Å². The van der Waals surface area contributed by atoms with Crippen LogP contribution in [0.4, 0.5) is 5.69 Å². The molecule has 2 aliphatic rings. The highest BCUT2D eigenvalue weighted by atomic mass is 16.2. The predicted molar refractivity (Wildman–Crippen MR) is 95.1 cm³/mol. The first-order valence-electron chi connectivity index (χ1n) is 9.06. The van der Waals surface area contributed by atoms with E-state index in [-0.39, 0.29) is 17.7 Å². The minimum atomic E-state index is -0.0145. The first-order valence-corrected chi connectivity index (χ1v) is 9.06. The number of rotatable bonds is 4. The van der Waals surface area contributed by atoms with Crippen molar-refractivity contribution in [3.8, 4) is 0 Å². The van der Waals surface area contributed by atoms with Crippen LogP contribution in [0.25, 0.3) is 0 Å². The summed E-state index contributed by atoms with van der Waals surface area (Å²) in [5, 5.41) is 9.37. The third kappa shape index (κ3) is 4.15. The molecule has 2 amide bonds. The highest BCUT2D eigenvalue weighted by Crippen LogP contribution is 2.21. The third-order valence-corrected chi connectivity index (χ3v) is 5.10. The molecular weight excluding hydrogens is 302 g/mol. The molecule has 0 bridgehead atoms. The first kappa shape index (κ1) is 17.0. The Labute approximate surface area is 143 Å². The molecule has 5 heteroatoms. The number of aryl methyl sites for hydroxylation is 1. The van der Waals surface area contributed by atoms with E-state index in [9.17, 15) is 9.59 Å². The highest BCUT2D eigenvalue weighted by Gasteiger charge is 2.22. The normalized spacial score (nSPS) is 21.5. The Balaban J connectivity index is 1.61. The Morgan fingerprint density at radius 2 is 1.92 bits per heavy atom. The summed E-state index contributed by atoms with van der Waals surface area (Å²) in [6.45, 7) is 3.67. The van der Waals surface area contributed by atoms with Crippen molar-refractivity contribution in [1.82, 2.24) is 10.6 Å². The highest BCUT2D eigenvalue weighted by molar-refractivity contribution is 5.97. The van der Waals surface area contributed by atoms with Crippen LogP contribution in [0.1, 0.15) is 54.4 Å². The standard InChI is InChI=1S/C19H27N3O2/c1-13-11-14(18(23)21-16-6-2-3-7-16)8-9-17(13)22-19(24)15-5-4-10-20-12-15/h8-9,11,15-16,20H,2-7,10,12H2,1H3,(H,21,23)(H,22,24). The van der Waals surface area contributed by atoms with Gasteiger partial charge < -0.3 is 16.0 Å². The minimum absolute atomic E-state index is 0.0145. The van der Waals surface area contributed by atoms with E-state index >= 15 is 0 Å². The van der Waals surface area contributed by atoms with Crippen LogP contribution >= 0.6 is 0 Å². The molecule has 3 N–H and O–H groups in total. The summed E-state index contributed by atoms with van der Waals surface area (Å²) in [5.41, 5.74) is 2.38. The van der Waals surface area contributed by atoms with Crippen molar-refractivity contribution in [3.63, 3.8) is 0 Å². The van der Waals surface area contributed by atoms with Gasteiger partial charge in [-0.05, 0) is 62.9 Å². The van der Waals surface area contributed by atoms with Gasteiger partial charge in [0.1, 0.15) is 0 Å². The predicted octanol–water partition coefficient (Wildman–Crippen LogP) is 2.61. The molecule has 0 radical (unpaired) electrons. The van der Waals surface area contributed by atoms with E-state index in [0.29, 0.717) is 11.6 Å². The largest absolute Gasteiger partial charge is 0.349 e. The molecule has 1 saturated carbocycles. The molecule has 2 fully saturated rings. The first-order chi connectivity index (χ1) is 11.6. The number of benzene rings is 1. The van der Waals surface area contributed by atoms with Crippen molar-refractivity contribution in [2.24, 2.45) is 5.92 Å². The zero-order chi connectivity index (χ0) is 16.9. The Kier molecular flexibility index (Phi) is 5.51. The van der Waals surface area contributed by atoms with E-state index in [2.05, 4.69) is 16.0 Å². The molecule has 1 aromatic rings. The van der Waals surface area contributed by atoms with Crippen molar-refractivity contribution in [3.05, 3.63) is 29.3 Å². The maximum absolute atomic E-state index is 12.3. The van der Waals surface area contributed by atoms with Gasteiger partial charge in [-0.3, -0.25) is 9.59 Å². The van der Waals surface area contributed by atoms with Gasteiger partial charge in [-0.25, -0.2) is 0 Å². The number of nitrogens with one attached hydrogen (secondary N) is 3. The Morgan fingerprint density at radius 3 is 2.58 bits per heavy atom. The van der Waals surface area contributed by atoms with Crippen molar-refractivity contribution < 1.29 is 9.59 Å². The van der Waals surface area contributed by atoms with Crippen LogP contribution in [0.15, 0.2) is 18.2 Å². The fraction of sp³-hybridized carbons (Fsp3) is 0.579. The van der Waals surface area contributed by atoms with E-state index in [1.54, 1.807) is 6.07 Å². The Morgan fingerprint density at radius 1 is 1.12 bits per heavy atom. The number of carbonyl (C=O) groups excluding carboxylic acids is 2. The zero-order valence-corrected chi connectivity index (χ0v) is 14.4. The Hall–Kier alpha value is -1.88. The van der Waals surface area contributed by atoms with Gasteiger partial charge in [0, 0.05) is 23.8 Å². The van der Waals surface area contributed by atoms with Crippen molar-refractivity contribution >= 4 is 17.5 Å². The van der Waals surface area contributed by atoms with E-state index in [1.807, 2.05) is 19.1 Å². The molecule has 1 aliphatic heterocycles. The quantitative estimate of drug-likeness (QED) is 0.795. The number of amides is 2. The lowest BCUT2D eigenvalue weighted by atomic mass is 9.98. The minimum Gasteiger partial charge on any atom is -0.349 e. The summed E-state index contributed by atoms with van der Waals surface area (Å²) in [6.07, 6.45) is 6.52. The number of hydrogen-bond donors (Lipinski definition) is 3. The second-order valence-electron chi connectivity index (χ2n) is 7.02. The van der Waals surface area contributed by atoms with Gasteiger partial charge in [0.25, 0.3) is 5.91 Å². The second-order valence-corrected chi connectivity index (χ2v) is 7.02. The SMILES string of the molecule is Cc1cc(C(=O)NC2CCCC2)ccc1NC(=O)C1CCCNC1. The van der Waals surface area contributed by atoms with Gasteiger partial charge in [-0.1, -0.05) is 12.8 Å². The summed E-state index contributed by atoms with van der Waals surface area (Å²) >= 11 is 0. The smallest absolute Gasteiger partial charge is 0.251 e. The van der Waals surface area contributed by atoms with Crippen LogP contribution in [0.3, 0.4) is 0 Å². The van der Waals surface area contributed by atoms with E-state index in [0.717, 1.165) is 50.0 Å². The van der Waals surface area contributed by atoms with Gasteiger partial charge in [-0.2, -0.15) is 0 Å². The van der Waals surface area contributed by atoms with Crippen molar-refractivity contribution in [2.75, 3.05) is 18.4 Å². The average molecular weight is 329 g/mol. The van der Waals surface area contributed by atoms with E-state index < -0.39 is 0 Å². The number of anilines is 1. The molecule has 0 aromatic heterocycles. The molecular formula is C19H27N3O2. The molecule has 0 spiro atoms. The molecule has 24 heavy (non-hydrogen) atoms. The third-order valence-electron chi connectivity index (χ3n) is 5.10. The van der Waals surface area contributed by atoms with Crippen LogP contribution in [-0.4, -0.2) is 30.9 Å². The molecule has 5 nitrogen and oxygen atoms in total. The summed E-state index contributed by atoms with van der Waals surface area (Å²) in [6, 6.07) is 5.81. The molecule has 1 atom stereocenters. The molecule has 3 rings (SSSR count). The molecule has 1 unspecified atom stereocenters. The lowest BCUT2D eigenvalue weighted by Crippen LogP contribution is -2.37. The summed E-state index contributed by atoms with van der Waals surface area (Å²) in [5.74, 6) is 0.0799. The molecule has 130 valence electrons. The maximum Gasteiger partial charge on any atom is 0.251 e.